The molecule has 1 aliphatic rings. The largest absolute Gasteiger partial charge is 0.399 e. The number of nitrogen functional groups attached to an aromatic ring is 1. The molecule has 2 amide bonds. The van der Waals surface area contributed by atoms with Crippen LogP contribution in [0.3, 0.4) is 0 Å². The molecule has 5 rings (SSSR count). The topological polar surface area (TPSA) is 87.5 Å². The van der Waals surface area contributed by atoms with Gasteiger partial charge in [0.25, 0.3) is 5.91 Å². The number of hydrogen-bond donors (Lipinski definition) is 3. The Kier molecular flexibility index (Phi) is 8.99. The average molecular weight is 547 g/mol. The lowest BCUT2D eigenvalue weighted by Gasteiger charge is -2.37. The zero-order chi connectivity index (χ0) is 28.6. The summed E-state index contributed by atoms with van der Waals surface area (Å²) in [6.45, 7) is 4.55. The van der Waals surface area contributed by atoms with Crippen LogP contribution in [0.4, 0.5) is 17.1 Å². The van der Waals surface area contributed by atoms with Crippen LogP contribution in [0.15, 0.2) is 103 Å². The minimum atomic E-state index is -0.162. The molecular weight excluding hydrogens is 508 g/mol. The van der Waals surface area contributed by atoms with E-state index >= 15 is 0 Å². The monoisotopic (exact) mass is 546 g/mol. The van der Waals surface area contributed by atoms with Gasteiger partial charge in [0.05, 0.1) is 5.92 Å². The molecule has 41 heavy (non-hydrogen) atoms. The fraction of sp³-hybridized carbons (Fsp3) is 0.257. The number of hydrogen-bond acceptors (Lipinski definition) is 4. The number of benzene rings is 4. The highest BCUT2D eigenvalue weighted by Crippen LogP contribution is 2.35. The highest BCUT2D eigenvalue weighted by atomic mass is 16.2. The maximum atomic E-state index is 13.2. The number of nitrogens with one attached hydrogen (secondary N) is 2. The van der Waals surface area contributed by atoms with E-state index in [2.05, 4.69) is 46.7 Å². The average Bonchev–Trinajstić information content (AvgIpc) is 3.01. The lowest BCUT2D eigenvalue weighted by molar-refractivity contribution is -0.124. The van der Waals surface area contributed by atoms with E-state index in [1.54, 1.807) is 0 Å². The highest BCUT2D eigenvalue weighted by Gasteiger charge is 2.32. The third kappa shape index (κ3) is 6.77. The first-order valence-corrected chi connectivity index (χ1v) is 14.5. The van der Waals surface area contributed by atoms with Crippen molar-refractivity contribution >= 4 is 28.9 Å². The number of carbonyl (C=O) groups excluding carboxylic acids is 2. The molecule has 4 N–H and O–H groups in total. The molecule has 4 aromatic rings. The summed E-state index contributed by atoms with van der Waals surface area (Å²) in [4.78, 5) is 28.7. The summed E-state index contributed by atoms with van der Waals surface area (Å²) < 4.78 is 0. The molecule has 1 atom stereocenters. The van der Waals surface area contributed by atoms with Crippen molar-refractivity contribution < 1.29 is 9.59 Å². The van der Waals surface area contributed by atoms with E-state index < -0.39 is 0 Å². The Hall–Kier alpha value is -4.58. The van der Waals surface area contributed by atoms with E-state index in [-0.39, 0.29) is 17.7 Å². The molecule has 4 aromatic carbocycles. The first kappa shape index (κ1) is 28.0. The quantitative estimate of drug-likeness (QED) is 0.204. The Morgan fingerprint density at radius 1 is 0.878 bits per heavy atom. The van der Waals surface area contributed by atoms with Gasteiger partial charge in [-0.3, -0.25) is 9.59 Å². The van der Waals surface area contributed by atoms with Gasteiger partial charge in [-0.15, -0.1) is 0 Å². The summed E-state index contributed by atoms with van der Waals surface area (Å²) >= 11 is 0. The Bertz CT molecular complexity index is 1460. The molecule has 6 heteroatoms. The van der Waals surface area contributed by atoms with Gasteiger partial charge in [-0.25, -0.2) is 0 Å². The molecule has 1 unspecified atom stereocenters. The van der Waals surface area contributed by atoms with Crippen LogP contribution in [0.25, 0.3) is 11.1 Å². The predicted molar refractivity (Wildman–Crippen MR) is 168 cm³/mol. The molecule has 1 heterocycles. The van der Waals surface area contributed by atoms with Crippen LogP contribution in [-0.2, 0) is 4.79 Å². The predicted octanol–water partition coefficient (Wildman–Crippen LogP) is 6.71. The number of anilines is 3. The van der Waals surface area contributed by atoms with Crippen molar-refractivity contribution in [3.63, 3.8) is 0 Å². The number of carbonyl (C=O) groups is 2. The molecule has 1 fully saturated rings. The SMILES string of the molecule is CCCNC(=O)C(c1ccccc1)C1CCN(c2ccc(NC(=O)c3ccccc3-c3cccc(N)c3)cc2)CC1. The van der Waals surface area contributed by atoms with E-state index in [4.69, 9.17) is 5.73 Å². The van der Waals surface area contributed by atoms with Crippen molar-refractivity contribution in [2.45, 2.75) is 32.1 Å². The van der Waals surface area contributed by atoms with Crippen molar-refractivity contribution in [1.29, 1.82) is 0 Å². The second kappa shape index (κ2) is 13.2. The second-order valence-corrected chi connectivity index (χ2v) is 10.7. The van der Waals surface area contributed by atoms with Gasteiger partial charge in [0.1, 0.15) is 0 Å². The second-order valence-electron chi connectivity index (χ2n) is 10.7. The summed E-state index contributed by atoms with van der Waals surface area (Å²) in [5, 5.41) is 6.18. The summed E-state index contributed by atoms with van der Waals surface area (Å²) in [6, 6.07) is 33.3. The maximum Gasteiger partial charge on any atom is 0.256 e. The zero-order valence-electron chi connectivity index (χ0n) is 23.6. The Balaban J connectivity index is 1.23. The Morgan fingerprint density at radius 3 is 2.29 bits per heavy atom. The summed E-state index contributed by atoms with van der Waals surface area (Å²) in [6.07, 6.45) is 2.81. The lowest BCUT2D eigenvalue weighted by Crippen LogP contribution is -2.40. The van der Waals surface area contributed by atoms with E-state index in [0.717, 1.165) is 60.4 Å². The molecule has 210 valence electrons. The number of piperidine rings is 1. The van der Waals surface area contributed by atoms with Crippen LogP contribution in [0.2, 0.25) is 0 Å². The number of amides is 2. The fourth-order valence-electron chi connectivity index (χ4n) is 5.74. The third-order valence-corrected chi connectivity index (χ3v) is 7.86. The normalized spacial score (nSPS) is 14.3. The van der Waals surface area contributed by atoms with E-state index in [9.17, 15) is 9.59 Å². The molecular formula is C35H38N4O2. The van der Waals surface area contributed by atoms with Gasteiger partial charge in [-0.2, -0.15) is 0 Å². The first-order chi connectivity index (χ1) is 20.0. The molecule has 0 radical (unpaired) electrons. The minimum absolute atomic E-state index is 0.127. The van der Waals surface area contributed by atoms with E-state index in [0.29, 0.717) is 23.7 Å². The van der Waals surface area contributed by atoms with Gasteiger partial charge in [0, 0.05) is 42.3 Å². The van der Waals surface area contributed by atoms with Crippen LogP contribution >= 0.6 is 0 Å². The van der Waals surface area contributed by atoms with Crippen molar-refractivity contribution in [2.75, 3.05) is 35.6 Å². The number of rotatable bonds is 9. The highest BCUT2D eigenvalue weighted by molar-refractivity contribution is 6.08. The minimum Gasteiger partial charge on any atom is -0.399 e. The molecule has 0 saturated carbocycles. The maximum absolute atomic E-state index is 13.2. The third-order valence-electron chi connectivity index (χ3n) is 7.86. The summed E-state index contributed by atoms with van der Waals surface area (Å²) in [5.41, 5.74) is 11.9. The Labute approximate surface area is 242 Å². The van der Waals surface area contributed by atoms with Crippen LogP contribution < -0.4 is 21.3 Å². The van der Waals surface area contributed by atoms with Crippen LogP contribution in [0.1, 0.15) is 48.0 Å². The van der Waals surface area contributed by atoms with Gasteiger partial charge in [-0.05, 0) is 84.3 Å². The molecule has 1 saturated heterocycles. The van der Waals surface area contributed by atoms with Crippen molar-refractivity contribution in [3.05, 3.63) is 114 Å². The van der Waals surface area contributed by atoms with Crippen molar-refractivity contribution in [1.82, 2.24) is 5.32 Å². The first-order valence-electron chi connectivity index (χ1n) is 14.5. The number of nitrogens with zero attached hydrogens (tertiary/aromatic N) is 1. The molecule has 0 bridgehead atoms. The molecule has 1 aliphatic heterocycles. The van der Waals surface area contributed by atoms with Gasteiger partial charge >= 0.3 is 0 Å². The van der Waals surface area contributed by atoms with Crippen LogP contribution in [-0.4, -0.2) is 31.4 Å². The fourth-order valence-corrected chi connectivity index (χ4v) is 5.74. The van der Waals surface area contributed by atoms with Crippen LogP contribution in [0, 0.1) is 5.92 Å². The molecule has 0 aliphatic carbocycles. The molecule has 6 nitrogen and oxygen atoms in total. The molecule has 0 aromatic heterocycles. The lowest BCUT2D eigenvalue weighted by atomic mass is 9.79. The standard InChI is InChI=1S/C35H38N4O2/c1-2-21-37-35(41)33(25-9-4-3-5-10-25)26-19-22-39(23-20-26)30-17-15-29(16-18-30)38-34(40)32-14-7-6-13-31(32)27-11-8-12-28(36)24-27/h3-18,24,26,33H,2,19-23,36H2,1H3,(H,37,41)(H,38,40). The zero-order valence-corrected chi connectivity index (χ0v) is 23.6. The number of nitrogens with two attached hydrogens (primary N) is 1. The van der Waals surface area contributed by atoms with Gasteiger partial charge in [0.15, 0.2) is 0 Å². The van der Waals surface area contributed by atoms with Crippen molar-refractivity contribution in [2.24, 2.45) is 5.92 Å². The van der Waals surface area contributed by atoms with Crippen molar-refractivity contribution in [3.8, 4) is 11.1 Å². The summed E-state index contributed by atoms with van der Waals surface area (Å²) in [7, 11) is 0. The van der Waals surface area contributed by atoms with Gasteiger partial charge in [-0.1, -0.05) is 67.6 Å². The van der Waals surface area contributed by atoms with Gasteiger partial charge in [0.2, 0.25) is 5.91 Å². The van der Waals surface area contributed by atoms with E-state index in [1.807, 2.05) is 78.9 Å². The van der Waals surface area contributed by atoms with E-state index in [1.165, 1.54) is 0 Å². The van der Waals surface area contributed by atoms with Gasteiger partial charge < -0.3 is 21.3 Å². The van der Waals surface area contributed by atoms with Crippen LogP contribution in [0.5, 0.6) is 0 Å². The summed E-state index contributed by atoms with van der Waals surface area (Å²) in [5.74, 6) is 0.139. The molecule has 0 spiro atoms. The Morgan fingerprint density at radius 2 is 1.59 bits per heavy atom. The smallest absolute Gasteiger partial charge is 0.256 e.